The Morgan fingerprint density at radius 3 is 2.62 bits per heavy atom. The van der Waals surface area contributed by atoms with Gasteiger partial charge < -0.3 is 4.90 Å². The van der Waals surface area contributed by atoms with Crippen LogP contribution in [-0.2, 0) is 19.8 Å². The van der Waals surface area contributed by atoms with Gasteiger partial charge in [-0.05, 0) is 24.3 Å². The quantitative estimate of drug-likeness (QED) is 0.873. The number of benzene rings is 1. The average Bonchev–Trinajstić information content (AvgIpc) is 2.82. The van der Waals surface area contributed by atoms with Gasteiger partial charge in [0.2, 0.25) is 0 Å². The fourth-order valence-electron chi connectivity index (χ4n) is 1.91. The number of alkyl halides is 3. The summed E-state index contributed by atoms with van der Waals surface area (Å²) in [6.07, 6.45) is -2.73. The number of aromatic nitrogens is 2. The van der Waals surface area contributed by atoms with Gasteiger partial charge >= 0.3 is 6.18 Å². The SMILES string of the molecule is CN(Cc1ccn(C)n1)C(=O)c1cccc(C(F)(F)F)c1. The summed E-state index contributed by atoms with van der Waals surface area (Å²) in [7, 11) is 3.27. The van der Waals surface area contributed by atoms with E-state index in [4.69, 9.17) is 0 Å². The van der Waals surface area contributed by atoms with E-state index in [2.05, 4.69) is 5.10 Å². The van der Waals surface area contributed by atoms with E-state index in [0.717, 1.165) is 12.1 Å². The fourth-order valence-corrected chi connectivity index (χ4v) is 1.91. The molecule has 0 saturated heterocycles. The van der Waals surface area contributed by atoms with Gasteiger partial charge in [0.05, 0.1) is 17.8 Å². The van der Waals surface area contributed by atoms with Crippen molar-refractivity contribution in [1.82, 2.24) is 14.7 Å². The third-order valence-corrected chi connectivity index (χ3v) is 2.95. The van der Waals surface area contributed by atoms with Gasteiger partial charge in [0, 0.05) is 25.9 Å². The second-order valence-electron chi connectivity index (χ2n) is 4.72. The number of hydrogen-bond acceptors (Lipinski definition) is 2. The molecule has 112 valence electrons. The highest BCUT2D eigenvalue weighted by molar-refractivity contribution is 5.94. The molecule has 0 aliphatic heterocycles. The molecule has 1 heterocycles. The normalized spacial score (nSPS) is 11.5. The topological polar surface area (TPSA) is 38.1 Å². The molecule has 0 bridgehead atoms. The maximum Gasteiger partial charge on any atom is 0.416 e. The molecule has 4 nitrogen and oxygen atoms in total. The number of hydrogen-bond donors (Lipinski definition) is 0. The number of halogens is 3. The molecule has 0 fully saturated rings. The lowest BCUT2D eigenvalue weighted by Crippen LogP contribution is -2.26. The van der Waals surface area contributed by atoms with Crippen molar-refractivity contribution in [3.05, 3.63) is 53.3 Å². The number of amides is 1. The van der Waals surface area contributed by atoms with Gasteiger partial charge in [0.25, 0.3) is 5.91 Å². The first-order valence-electron chi connectivity index (χ1n) is 6.18. The number of nitrogens with zero attached hydrogens (tertiary/aromatic N) is 3. The molecule has 0 aliphatic rings. The summed E-state index contributed by atoms with van der Waals surface area (Å²) < 4.78 is 39.5. The van der Waals surface area contributed by atoms with Crippen LogP contribution in [0, 0.1) is 0 Å². The van der Waals surface area contributed by atoms with Gasteiger partial charge in [0.15, 0.2) is 0 Å². The Morgan fingerprint density at radius 1 is 1.33 bits per heavy atom. The van der Waals surface area contributed by atoms with Gasteiger partial charge in [-0.1, -0.05) is 6.07 Å². The lowest BCUT2D eigenvalue weighted by Gasteiger charge is -2.16. The summed E-state index contributed by atoms with van der Waals surface area (Å²) in [6.45, 7) is 0.232. The van der Waals surface area contributed by atoms with Crippen LogP contribution in [0.1, 0.15) is 21.6 Å². The Morgan fingerprint density at radius 2 is 2.05 bits per heavy atom. The van der Waals surface area contributed by atoms with Crippen molar-refractivity contribution in [2.24, 2.45) is 7.05 Å². The predicted octanol–water partition coefficient (Wildman–Crippen LogP) is 2.71. The number of aryl methyl sites for hydroxylation is 1. The van der Waals surface area contributed by atoms with Crippen molar-refractivity contribution in [2.45, 2.75) is 12.7 Å². The number of carbonyl (C=O) groups is 1. The lowest BCUT2D eigenvalue weighted by molar-refractivity contribution is -0.137. The Hall–Kier alpha value is -2.31. The molecule has 2 rings (SSSR count). The van der Waals surface area contributed by atoms with Gasteiger partial charge in [-0.15, -0.1) is 0 Å². The van der Waals surface area contributed by atoms with Crippen LogP contribution >= 0.6 is 0 Å². The molecule has 21 heavy (non-hydrogen) atoms. The maximum absolute atomic E-state index is 12.6. The standard InChI is InChI=1S/C14H14F3N3O/c1-19(9-12-6-7-20(2)18-12)13(21)10-4-3-5-11(8-10)14(15,16)17/h3-8H,9H2,1-2H3. The van der Waals surface area contributed by atoms with Crippen molar-refractivity contribution >= 4 is 5.91 Å². The molecule has 0 spiro atoms. The first-order chi connectivity index (χ1) is 9.77. The predicted molar refractivity (Wildman–Crippen MR) is 70.4 cm³/mol. The van der Waals surface area contributed by atoms with Crippen molar-refractivity contribution < 1.29 is 18.0 Å². The zero-order valence-corrected chi connectivity index (χ0v) is 11.6. The Balaban J connectivity index is 2.16. The Labute approximate surface area is 119 Å². The molecule has 7 heteroatoms. The zero-order chi connectivity index (χ0) is 15.6. The molecule has 0 aliphatic carbocycles. The van der Waals surface area contributed by atoms with Gasteiger partial charge in [-0.2, -0.15) is 18.3 Å². The summed E-state index contributed by atoms with van der Waals surface area (Å²) in [5.41, 5.74) is -0.164. The largest absolute Gasteiger partial charge is 0.416 e. The summed E-state index contributed by atoms with van der Waals surface area (Å²) in [4.78, 5) is 13.5. The second-order valence-corrected chi connectivity index (χ2v) is 4.72. The molecule has 0 saturated carbocycles. The van der Waals surface area contributed by atoms with E-state index in [1.54, 1.807) is 24.0 Å². The molecular weight excluding hydrogens is 283 g/mol. The average molecular weight is 297 g/mol. The Bertz CT molecular complexity index is 649. The fraction of sp³-hybridized carbons (Fsp3) is 0.286. The summed E-state index contributed by atoms with van der Waals surface area (Å²) in [6, 6.07) is 6.14. The molecule has 0 radical (unpaired) electrons. The van der Waals surface area contributed by atoms with Crippen molar-refractivity contribution in [2.75, 3.05) is 7.05 Å². The van der Waals surface area contributed by atoms with E-state index in [0.29, 0.717) is 5.69 Å². The van der Waals surface area contributed by atoms with Crippen molar-refractivity contribution in [3.8, 4) is 0 Å². The van der Waals surface area contributed by atoms with E-state index in [9.17, 15) is 18.0 Å². The van der Waals surface area contributed by atoms with Crippen LogP contribution in [0.25, 0.3) is 0 Å². The van der Waals surface area contributed by atoms with Crippen LogP contribution in [0.4, 0.5) is 13.2 Å². The summed E-state index contributed by atoms with van der Waals surface area (Å²) in [5.74, 6) is -0.480. The molecule has 0 N–H and O–H groups in total. The summed E-state index contributed by atoms with van der Waals surface area (Å²) in [5, 5.41) is 4.13. The van der Waals surface area contributed by atoms with Crippen molar-refractivity contribution in [1.29, 1.82) is 0 Å². The zero-order valence-electron chi connectivity index (χ0n) is 11.6. The third-order valence-electron chi connectivity index (χ3n) is 2.95. The smallest absolute Gasteiger partial charge is 0.336 e. The van der Waals surface area contributed by atoms with Crippen molar-refractivity contribution in [3.63, 3.8) is 0 Å². The number of rotatable bonds is 3. The van der Waals surface area contributed by atoms with E-state index in [1.165, 1.54) is 24.1 Å². The molecule has 2 aromatic rings. The molecular formula is C14H14F3N3O. The monoisotopic (exact) mass is 297 g/mol. The van der Waals surface area contributed by atoms with Crippen LogP contribution < -0.4 is 0 Å². The van der Waals surface area contributed by atoms with Crippen LogP contribution in [0.5, 0.6) is 0 Å². The van der Waals surface area contributed by atoms with Gasteiger partial charge in [-0.25, -0.2) is 0 Å². The maximum atomic E-state index is 12.6. The minimum absolute atomic E-state index is 0.00301. The van der Waals surface area contributed by atoms with E-state index >= 15 is 0 Å². The van der Waals surface area contributed by atoms with Crippen LogP contribution in [0.3, 0.4) is 0 Å². The molecule has 1 aromatic carbocycles. The highest BCUT2D eigenvalue weighted by atomic mass is 19.4. The number of carbonyl (C=O) groups excluding carboxylic acids is 1. The lowest BCUT2D eigenvalue weighted by atomic mass is 10.1. The minimum atomic E-state index is -4.46. The van der Waals surface area contributed by atoms with Crippen LogP contribution in [0.2, 0.25) is 0 Å². The van der Waals surface area contributed by atoms with Crippen LogP contribution in [-0.4, -0.2) is 27.6 Å². The van der Waals surface area contributed by atoms with Gasteiger partial charge in [0.1, 0.15) is 0 Å². The second kappa shape index (κ2) is 5.59. The first kappa shape index (κ1) is 15.1. The molecule has 0 atom stereocenters. The molecule has 1 amide bonds. The minimum Gasteiger partial charge on any atom is -0.336 e. The summed E-state index contributed by atoms with van der Waals surface area (Å²) >= 11 is 0. The molecule has 0 unspecified atom stereocenters. The highest BCUT2D eigenvalue weighted by Crippen LogP contribution is 2.29. The van der Waals surface area contributed by atoms with E-state index < -0.39 is 17.6 Å². The first-order valence-corrected chi connectivity index (χ1v) is 6.18. The highest BCUT2D eigenvalue weighted by Gasteiger charge is 2.31. The van der Waals surface area contributed by atoms with Crippen LogP contribution in [0.15, 0.2) is 36.5 Å². The molecule has 1 aromatic heterocycles. The van der Waals surface area contributed by atoms with E-state index in [1.807, 2.05) is 0 Å². The Kier molecular flexibility index (Phi) is 4.02. The van der Waals surface area contributed by atoms with Gasteiger partial charge in [-0.3, -0.25) is 9.48 Å². The van der Waals surface area contributed by atoms with E-state index in [-0.39, 0.29) is 12.1 Å². The third kappa shape index (κ3) is 3.62.